The number of rotatable bonds is 2. The lowest BCUT2D eigenvalue weighted by atomic mass is 10.1. The first-order valence-corrected chi connectivity index (χ1v) is 5.78. The summed E-state index contributed by atoms with van der Waals surface area (Å²) in [6.07, 6.45) is 0. The third kappa shape index (κ3) is 1.89. The number of para-hydroxylation sites is 1. The van der Waals surface area contributed by atoms with Gasteiger partial charge >= 0.3 is 0 Å². The molecule has 1 aliphatic rings. The number of carbonyl (C=O) groups is 1. The van der Waals surface area contributed by atoms with Gasteiger partial charge < -0.3 is 15.8 Å². The number of carbonyl (C=O) groups excluding carboxylic acids is 1. The molecule has 92 valence electrons. The van der Waals surface area contributed by atoms with Crippen molar-refractivity contribution in [1.29, 1.82) is 0 Å². The molecule has 0 radical (unpaired) electrons. The van der Waals surface area contributed by atoms with Crippen LogP contribution in [-0.2, 0) is 4.74 Å². The quantitative estimate of drug-likeness (QED) is 0.823. The molecule has 1 aromatic carbocycles. The molecule has 1 aromatic heterocycles. The Balaban J connectivity index is 1.94. The first-order valence-electron chi connectivity index (χ1n) is 5.78. The van der Waals surface area contributed by atoms with Gasteiger partial charge in [0.2, 0.25) is 0 Å². The lowest BCUT2D eigenvalue weighted by molar-refractivity contribution is -0.00354. The highest BCUT2D eigenvalue weighted by atomic mass is 16.5. The fourth-order valence-corrected chi connectivity index (χ4v) is 1.90. The van der Waals surface area contributed by atoms with E-state index in [1.807, 2.05) is 24.3 Å². The lowest BCUT2D eigenvalue weighted by Crippen LogP contribution is -2.48. The van der Waals surface area contributed by atoms with Crippen molar-refractivity contribution in [3.63, 3.8) is 0 Å². The van der Waals surface area contributed by atoms with Crippen LogP contribution in [-0.4, -0.2) is 30.1 Å². The molecule has 3 rings (SSSR count). The highest BCUT2D eigenvalue weighted by molar-refractivity contribution is 5.99. The van der Waals surface area contributed by atoms with Crippen LogP contribution in [0.4, 0.5) is 5.69 Å². The Bertz CT molecular complexity index is 608. The second-order valence-electron chi connectivity index (χ2n) is 4.32. The maximum Gasteiger partial charge on any atom is 0.270 e. The summed E-state index contributed by atoms with van der Waals surface area (Å²) in [6, 6.07) is 9.19. The number of fused-ring (bicyclic) bond motifs is 1. The predicted molar refractivity (Wildman–Crippen MR) is 68.2 cm³/mol. The van der Waals surface area contributed by atoms with Crippen LogP contribution < -0.4 is 11.1 Å². The zero-order valence-electron chi connectivity index (χ0n) is 9.72. The first kappa shape index (κ1) is 11.0. The summed E-state index contributed by atoms with van der Waals surface area (Å²) < 4.78 is 5.01. The Hall–Kier alpha value is -2.14. The van der Waals surface area contributed by atoms with Crippen LogP contribution in [0.1, 0.15) is 10.5 Å². The van der Waals surface area contributed by atoms with Gasteiger partial charge in [0.1, 0.15) is 5.69 Å². The zero-order chi connectivity index (χ0) is 12.5. The number of nitrogens with one attached hydrogen (secondary N) is 1. The summed E-state index contributed by atoms with van der Waals surface area (Å²) in [5, 5.41) is 3.70. The second-order valence-corrected chi connectivity index (χ2v) is 4.32. The summed E-state index contributed by atoms with van der Waals surface area (Å²) in [4.78, 5) is 16.3. The van der Waals surface area contributed by atoms with Crippen LogP contribution in [0.25, 0.3) is 10.9 Å². The van der Waals surface area contributed by atoms with Crippen LogP contribution in [0.3, 0.4) is 0 Å². The number of nitrogen functional groups attached to an aromatic ring is 1. The van der Waals surface area contributed by atoms with Crippen molar-refractivity contribution in [3.8, 4) is 0 Å². The smallest absolute Gasteiger partial charge is 0.270 e. The molecular formula is C13H13N3O2. The van der Waals surface area contributed by atoms with E-state index in [1.54, 1.807) is 6.07 Å². The molecule has 3 N–H and O–H groups in total. The van der Waals surface area contributed by atoms with Gasteiger partial charge in [-0.3, -0.25) is 4.79 Å². The Morgan fingerprint density at radius 2 is 2.17 bits per heavy atom. The Morgan fingerprint density at radius 1 is 1.39 bits per heavy atom. The fraction of sp³-hybridized carbons (Fsp3) is 0.231. The SMILES string of the molecule is Nc1cc(C(=O)NC2COC2)nc2ccccc12. The highest BCUT2D eigenvalue weighted by Crippen LogP contribution is 2.20. The average Bonchev–Trinajstić information content (AvgIpc) is 2.33. The number of nitrogens with zero attached hydrogens (tertiary/aromatic N) is 1. The van der Waals surface area contributed by atoms with Crippen molar-refractivity contribution >= 4 is 22.5 Å². The maximum absolute atomic E-state index is 12.0. The monoisotopic (exact) mass is 243 g/mol. The van der Waals surface area contributed by atoms with E-state index in [-0.39, 0.29) is 11.9 Å². The van der Waals surface area contributed by atoms with Crippen molar-refractivity contribution in [2.75, 3.05) is 18.9 Å². The van der Waals surface area contributed by atoms with Gasteiger partial charge in [-0.1, -0.05) is 18.2 Å². The number of anilines is 1. The number of nitrogens with two attached hydrogens (primary N) is 1. The van der Waals surface area contributed by atoms with Gasteiger partial charge in [0, 0.05) is 11.1 Å². The standard InChI is InChI=1S/C13H13N3O2/c14-10-5-12(13(17)15-8-6-18-7-8)16-11-4-2-1-3-9(10)11/h1-5,8H,6-7H2,(H2,14,16)(H,15,17). The van der Waals surface area contributed by atoms with Gasteiger partial charge in [0.05, 0.1) is 24.8 Å². The third-order valence-electron chi connectivity index (χ3n) is 2.95. The van der Waals surface area contributed by atoms with E-state index in [4.69, 9.17) is 10.5 Å². The molecule has 0 spiro atoms. The van der Waals surface area contributed by atoms with E-state index in [9.17, 15) is 4.79 Å². The van der Waals surface area contributed by atoms with Crippen molar-refractivity contribution in [1.82, 2.24) is 10.3 Å². The van der Waals surface area contributed by atoms with E-state index in [1.165, 1.54) is 0 Å². The Morgan fingerprint density at radius 3 is 2.89 bits per heavy atom. The van der Waals surface area contributed by atoms with Gasteiger partial charge in [-0.2, -0.15) is 0 Å². The number of amides is 1. The minimum Gasteiger partial charge on any atom is -0.398 e. The molecule has 1 fully saturated rings. The van der Waals surface area contributed by atoms with Gasteiger partial charge in [0.15, 0.2) is 0 Å². The number of pyridine rings is 1. The normalized spacial score (nSPS) is 15.3. The largest absolute Gasteiger partial charge is 0.398 e. The molecule has 0 bridgehead atoms. The van der Waals surface area contributed by atoms with Crippen LogP contribution in [0.15, 0.2) is 30.3 Å². The number of aromatic nitrogens is 1. The highest BCUT2D eigenvalue weighted by Gasteiger charge is 2.22. The first-order chi connectivity index (χ1) is 8.74. The molecule has 0 atom stereocenters. The molecule has 2 heterocycles. The van der Waals surface area contributed by atoms with Gasteiger partial charge in [0.25, 0.3) is 5.91 Å². The van der Waals surface area contributed by atoms with Crippen molar-refractivity contribution < 1.29 is 9.53 Å². The minimum atomic E-state index is -0.208. The van der Waals surface area contributed by atoms with Crippen molar-refractivity contribution in [3.05, 3.63) is 36.0 Å². The summed E-state index contributed by atoms with van der Waals surface area (Å²) in [7, 11) is 0. The average molecular weight is 243 g/mol. The van der Waals surface area contributed by atoms with Crippen molar-refractivity contribution in [2.45, 2.75) is 6.04 Å². The van der Waals surface area contributed by atoms with E-state index in [2.05, 4.69) is 10.3 Å². The summed E-state index contributed by atoms with van der Waals surface area (Å²) in [5.74, 6) is -0.208. The molecule has 5 heteroatoms. The molecular weight excluding hydrogens is 230 g/mol. The molecule has 2 aromatic rings. The molecule has 0 aliphatic carbocycles. The topological polar surface area (TPSA) is 77.2 Å². The number of benzene rings is 1. The molecule has 5 nitrogen and oxygen atoms in total. The molecule has 0 unspecified atom stereocenters. The molecule has 1 aliphatic heterocycles. The van der Waals surface area contributed by atoms with Gasteiger partial charge in [-0.25, -0.2) is 4.98 Å². The second kappa shape index (κ2) is 4.27. The van der Waals surface area contributed by atoms with E-state index in [0.717, 1.165) is 10.9 Å². The number of hydrogen-bond acceptors (Lipinski definition) is 4. The number of hydrogen-bond donors (Lipinski definition) is 2. The number of ether oxygens (including phenoxy) is 1. The summed E-state index contributed by atoms with van der Waals surface area (Å²) in [5.41, 5.74) is 7.57. The van der Waals surface area contributed by atoms with Gasteiger partial charge in [-0.15, -0.1) is 0 Å². The van der Waals surface area contributed by atoms with Gasteiger partial charge in [-0.05, 0) is 12.1 Å². The summed E-state index contributed by atoms with van der Waals surface area (Å²) >= 11 is 0. The minimum absolute atomic E-state index is 0.0898. The van der Waals surface area contributed by atoms with Crippen molar-refractivity contribution in [2.24, 2.45) is 0 Å². The van der Waals surface area contributed by atoms with Crippen LogP contribution in [0.2, 0.25) is 0 Å². The molecule has 1 amide bonds. The zero-order valence-corrected chi connectivity index (χ0v) is 9.72. The fourth-order valence-electron chi connectivity index (χ4n) is 1.90. The molecule has 0 saturated carbocycles. The molecule has 18 heavy (non-hydrogen) atoms. The maximum atomic E-state index is 12.0. The summed E-state index contributed by atoms with van der Waals surface area (Å²) in [6.45, 7) is 1.13. The Labute approximate surface area is 104 Å². The third-order valence-corrected chi connectivity index (χ3v) is 2.95. The van der Waals surface area contributed by atoms with E-state index >= 15 is 0 Å². The molecule has 1 saturated heterocycles. The Kier molecular flexibility index (Phi) is 2.60. The van der Waals surface area contributed by atoms with E-state index in [0.29, 0.717) is 24.6 Å². The predicted octanol–water partition coefficient (Wildman–Crippen LogP) is 0.946. The van der Waals surface area contributed by atoms with Crippen LogP contribution in [0, 0.1) is 0 Å². The lowest BCUT2D eigenvalue weighted by Gasteiger charge is -2.26. The van der Waals surface area contributed by atoms with Crippen LogP contribution >= 0.6 is 0 Å². The van der Waals surface area contributed by atoms with Crippen LogP contribution in [0.5, 0.6) is 0 Å². The van der Waals surface area contributed by atoms with E-state index < -0.39 is 0 Å².